The molecule has 1 saturated heterocycles. The molecule has 2 aromatic heterocycles. The van der Waals surface area contributed by atoms with E-state index in [2.05, 4.69) is 25.6 Å². The Kier molecular flexibility index (Phi) is 8.17. The van der Waals surface area contributed by atoms with Crippen LogP contribution in [-0.2, 0) is 22.3 Å². The van der Waals surface area contributed by atoms with Gasteiger partial charge in [0.25, 0.3) is 5.91 Å². The molecule has 1 unspecified atom stereocenters. The molecule has 204 valence electrons. The number of amides is 2. The van der Waals surface area contributed by atoms with Gasteiger partial charge in [0, 0.05) is 30.2 Å². The van der Waals surface area contributed by atoms with E-state index in [1.807, 2.05) is 0 Å². The van der Waals surface area contributed by atoms with Crippen LogP contribution < -0.4 is 16.4 Å². The first kappa shape index (κ1) is 28.0. The van der Waals surface area contributed by atoms with Crippen LogP contribution in [0.5, 0.6) is 0 Å². The van der Waals surface area contributed by atoms with Gasteiger partial charge in [-0.25, -0.2) is 4.99 Å². The third kappa shape index (κ3) is 6.70. The van der Waals surface area contributed by atoms with Gasteiger partial charge in [0.05, 0.1) is 53.2 Å². The highest BCUT2D eigenvalue weighted by molar-refractivity contribution is 6.30. The molecule has 3 aromatic rings. The molecule has 1 atom stereocenters. The second-order valence-electron chi connectivity index (χ2n) is 9.01. The number of halogens is 4. The van der Waals surface area contributed by atoms with Crippen LogP contribution >= 0.6 is 11.6 Å². The first-order valence-electron chi connectivity index (χ1n) is 11.7. The number of carbonyl (C=O) groups excluding carboxylic acids is 2. The quantitative estimate of drug-likeness (QED) is 0.356. The summed E-state index contributed by atoms with van der Waals surface area (Å²) in [6.07, 6.45) is 1.12. The van der Waals surface area contributed by atoms with Crippen LogP contribution in [-0.4, -0.2) is 41.2 Å². The van der Waals surface area contributed by atoms with Crippen LogP contribution in [0, 0.1) is 12.3 Å². The Morgan fingerprint density at radius 3 is 2.69 bits per heavy atom. The zero-order valence-corrected chi connectivity index (χ0v) is 21.4. The molecule has 9 nitrogen and oxygen atoms in total. The summed E-state index contributed by atoms with van der Waals surface area (Å²) in [7, 11) is 0. The predicted octanol–water partition coefficient (Wildman–Crippen LogP) is 4.72. The number of pyridine rings is 2. The van der Waals surface area contributed by atoms with Crippen LogP contribution in [0.15, 0.2) is 53.9 Å². The van der Waals surface area contributed by atoms with Crippen molar-refractivity contribution in [3.05, 3.63) is 76.3 Å². The molecular formula is C26H24ClF3N6O3. The maximum atomic E-state index is 13.4. The summed E-state index contributed by atoms with van der Waals surface area (Å²) in [6.45, 7) is 2.13. The van der Waals surface area contributed by atoms with Crippen LogP contribution in [0.2, 0.25) is 5.02 Å². The number of carbonyl (C=O) groups is 2. The minimum Gasteiger partial charge on any atom is -0.397 e. The number of aromatic nitrogens is 2. The fourth-order valence-corrected chi connectivity index (χ4v) is 4.14. The summed E-state index contributed by atoms with van der Waals surface area (Å²) < 4.78 is 45.7. The number of ether oxygens (including phenoxy) is 1. The van der Waals surface area contributed by atoms with Gasteiger partial charge in [0.15, 0.2) is 0 Å². The highest BCUT2D eigenvalue weighted by Gasteiger charge is 2.41. The minimum atomic E-state index is -4.60. The van der Waals surface area contributed by atoms with E-state index in [4.69, 9.17) is 22.1 Å². The van der Waals surface area contributed by atoms with Gasteiger partial charge >= 0.3 is 6.18 Å². The van der Waals surface area contributed by atoms with E-state index in [-0.39, 0.29) is 29.4 Å². The van der Waals surface area contributed by atoms with Crippen molar-refractivity contribution < 1.29 is 27.5 Å². The molecule has 1 aliphatic heterocycles. The van der Waals surface area contributed by atoms with Crippen LogP contribution in [0.1, 0.15) is 33.6 Å². The van der Waals surface area contributed by atoms with Crippen molar-refractivity contribution in [2.24, 2.45) is 10.4 Å². The molecule has 0 saturated carbocycles. The average molecular weight is 561 g/mol. The third-order valence-electron chi connectivity index (χ3n) is 6.11. The highest BCUT2D eigenvalue weighted by Crippen LogP contribution is 2.37. The molecule has 2 amide bonds. The molecule has 1 fully saturated rings. The Bertz CT molecular complexity index is 1420. The molecule has 0 spiro atoms. The first-order chi connectivity index (χ1) is 18.5. The van der Waals surface area contributed by atoms with Crippen molar-refractivity contribution in [1.29, 1.82) is 0 Å². The van der Waals surface area contributed by atoms with Gasteiger partial charge in [-0.2, -0.15) is 13.2 Å². The number of nitrogens with zero attached hydrogens (tertiary/aromatic N) is 3. The van der Waals surface area contributed by atoms with Crippen molar-refractivity contribution in [2.75, 3.05) is 24.3 Å². The lowest BCUT2D eigenvalue weighted by molar-refractivity contribution is -0.137. The topological polar surface area (TPSA) is 132 Å². The fourth-order valence-electron chi connectivity index (χ4n) is 3.96. The molecule has 0 aliphatic carbocycles. The number of nitrogen functional groups attached to an aromatic ring is 1. The first-order valence-corrected chi connectivity index (χ1v) is 12.1. The number of aryl methyl sites for hydroxylation is 1. The molecule has 4 N–H and O–H groups in total. The SMILES string of the molecule is Cc1cc(Nc2ccc(Cl)cc2C(F)(F)F)cnc1CNC(=O)C1(C=NC(=O)c2cncc(N)c2)CCOC1. The monoisotopic (exact) mass is 560 g/mol. The number of rotatable bonds is 7. The van der Waals surface area contributed by atoms with Crippen molar-refractivity contribution in [3.8, 4) is 0 Å². The van der Waals surface area contributed by atoms with Gasteiger partial charge in [-0.05, 0) is 49.2 Å². The summed E-state index contributed by atoms with van der Waals surface area (Å²) in [4.78, 5) is 37.7. The van der Waals surface area contributed by atoms with Crippen LogP contribution in [0.4, 0.5) is 30.2 Å². The van der Waals surface area contributed by atoms with E-state index in [9.17, 15) is 22.8 Å². The van der Waals surface area contributed by atoms with E-state index in [1.54, 1.807) is 13.0 Å². The molecule has 13 heteroatoms. The lowest BCUT2D eigenvalue weighted by Crippen LogP contribution is -2.42. The van der Waals surface area contributed by atoms with Gasteiger partial charge in [-0.15, -0.1) is 0 Å². The molecule has 1 aliphatic rings. The normalized spacial score (nSPS) is 17.4. The van der Waals surface area contributed by atoms with Crippen molar-refractivity contribution >= 4 is 46.7 Å². The Hall–Kier alpha value is -4.03. The van der Waals surface area contributed by atoms with Crippen molar-refractivity contribution in [3.63, 3.8) is 0 Å². The molecule has 3 heterocycles. The third-order valence-corrected chi connectivity index (χ3v) is 6.34. The summed E-state index contributed by atoms with van der Waals surface area (Å²) in [6, 6.07) is 6.51. The maximum absolute atomic E-state index is 13.4. The number of hydrogen-bond acceptors (Lipinski definition) is 7. The van der Waals surface area contributed by atoms with E-state index in [0.717, 1.165) is 6.07 Å². The number of alkyl halides is 3. The van der Waals surface area contributed by atoms with Crippen LogP contribution in [0.25, 0.3) is 0 Å². The smallest absolute Gasteiger partial charge is 0.397 e. The highest BCUT2D eigenvalue weighted by atomic mass is 35.5. The van der Waals surface area contributed by atoms with Gasteiger partial charge < -0.3 is 21.1 Å². The van der Waals surface area contributed by atoms with E-state index < -0.39 is 29.0 Å². The number of nitrogens with two attached hydrogens (primary N) is 1. The second kappa shape index (κ2) is 11.4. The van der Waals surface area contributed by atoms with Crippen molar-refractivity contribution in [2.45, 2.75) is 26.1 Å². The number of anilines is 3. The lowest BCUT2D eigenvalue weighted by Gasteiger charge is -2.21. The van der Waals surface area contributed by atoms with E-state index >= 15 is 0 Å². The largest absolute Gasteiger partial charge is 0.418 e. The zero-order chi connectivity index (χ0) is 28.2. The average Bonchev–Trinajstić information content (AvgIpc) is 3.37. The molecule has 1 aromatic carbocycles. The van der Waals surface area contributed by atoms with Crippen molar-refractivity contribution in [1.82, 2.24) is 15.3 Å². The Morgan fingerprint density at radius 2 is 2.03 bits per heavy atom. The number of benzene rings is 1. The summed E-state index contributed by atoms with van der Waals surface area (Å²) >= 11 is 5.74. The summed E-state index contributed by atoms with van der Waals surface area (Å²) in [5.41, 5.74) is 5.42. The van der Waals surface area contributed by atoms with E-state index in [0.29, 0.717) is 35.7 Å². The van der Waals surface area contributed by atoms with Gasteiger partial charge in [0.2, 0.25) is 5.91 Å². The van der Waals surface area contributed by atoms with E-state index in [1.165, 1.54) is 43.0 Å². The molecular weight excluding hydrogens is 537 g/mol. The molecule has 0 radical (unpaired) electrons. The number of nitrogens with one attached hydrogen (secondary N) is 2. The lowest BCUT2D eigenvalue weighted by atomic mass is 9.87. The molecule has 0 bridgehead atoms. The fraction of sp³-hybridized carbons (Fsp3) is 0.269. The zero-order valence-electron chi connectivity index (χ0n) is 20.7. The minimum absolute atomic E-state index is 0.0325. The Labute approximate surface area is 226 Å². The molecule has 39 heavy (non-hydrogen) atoms. The maximum Gasteiger partial charge on any atom is 0.418 e. The van der Waals surface area contributed by atoms with Gasteiger partial charge in [-0.1, -0.05) is 11.6 Å². The van der Waals surface area contributed by atoms with Crippen LogP contribution in [0.3, 0.4) is 0 Å². The second-order valence-corrected chi connectivity index (χ2v) is 9.45. The molecule has 4 rings (SSSR count). The standard InChI is InChI=1S/C26H24ClF3N6O3/c1-15-6-19(36-21-3-2-17(27)8-20(21)26(28,29)30)11-33-22(15)12-34-24(38)25(4-5-39-14-25)13-35-23(37)16-7-18(31)10-32-9-16/h2-3,6-11,13,36H,4-5,12,14,31H2,1H3,(H,34,38). The number of hydrogen-bond donors (Lipinski definition) is 3. The Balaban J connectivity index is 1.44. The predicted molar refractivity (Wildman–Crippen MR) is 140 cm³/mol. The Morgan fingerprint density at radius 1 is 1.23 bits per heavy atom. The van der Waals surface area contributed by atoms with Gasteiger partial charge in [-0.3, -0.25) is 19.6 Å². The van der Waals surface area contributed by atoms with Gasteiger partial charge in [0.1, 0.15) is 5.41 Å². The summed E-state index contributed by atoms with van der Waals surface area (Å²) in [5.74, 6) is -0.995. The summed E-state index contributed by atoms with van der Waals surface area (Å²) in [5, 5.41) is 5.49. The number of aliphatic imine (C=N–C) groups is 1.